The molecule has 0 saturated carbocycles. The lowest BCUT2D eigenvalue weighted by atomic mass is 10.2. The third-order valence-electron chi connectivity index (χ3n) is 3.00. The first-order valence-electron chi connectivity index (χ1n) is 6.92. The topological polar surface area (TPSA) is 71.5 Å². The molecule has 112 valence electrons. The second kappa shape index (κ2) is 6.83. The van der Waals surface area contributed by atoms with Crippen LogP contribution in [-0.2, 0) is 0 Å². The quantitative estimate of drug-likeness (QED) is 0.607. The summed E-state index contributed by atoms with van der Waals surface area (Å²) in [5.74, 6) is 0.630. The van der Waals surface area contributed by atoms with Crippen LogP contribution in [0.3, 0.4) is 0 Å². The van der Waals surface area contributed by atoms with Gasteiger partial charge in [-0.3, -0.25) is 4.79 Å². The summed E-state index contributed by atoms with van der Waals surface area (Å²) in [5, 5.41) is 10.2. The first-order chi connectivity index (χ1) is 10.2. The molecule has 1 aromatic carbocycles. The van der Waals surface area contributed by atoms with Gasteiger partial charge in [-0.2, -0.15) is 0 Å². The third-order valence-corrected chi connectivity index (χ3v) is 3.00. The van der Waals surface area contributed by atoms with Crippen LogP contribution in [0.5, 0.6) is 17.2 Å². The van der Waals surface area contributed by atoms with Crippen molar-refractivity contribution < 1.29 is 14.6 Å². The number of nitrogens with one attached hydrogen (secondary N) is 1. The van der Waals surface area contributed by atoms with Crippen LogP contribution < -0.4 is 15.0 Å². The summed E-state index contributed by atoms with van der Waals surface area (Å²) in [6, 6.07) is 4.73. The Kier molecular flexibility index (Phi) is 4.87. The number of benzene rings is 1. The highest BCUT2D eigenvalue weighted by atomic mass is 16.5. The predicted molar refractivity (Wildman–Crippen MR) is 82.3 cm³/mol. The third kappa shape index (κ3) is 3.37. The fourth-order valence-electron chi connectivity index (χ4n) is 1.97. The SMILES string of the molecule is C=CCOc1c(OCCCC)c2ccc(O)cc2[nH]c1=O. The number of rotatable bonds is 7. The van der Waals surface area contributed by atoms with Gasteiger partial charge in [0.05, 0.1) is 12.1 Å². The summed E-state index contributed by atoms with van der Waals surface area (Å²) in [6.07, 6.45) is 3.44. The maximum absolute atomic E-state index is 12.1. The molecule has 0 fully saturated rings. The molecule has 0 amide bonds. The Morgan fingerprint density at radius 1 is 1.33 bits per heavy atom. The molecule has 0 aliphatic rings. The second-order valence-corrected chi connectivity index (χ2v) is 4.64. The van der Waals surface area contributed by atoms with Gasteiger partial charge in [0.25, 0.3) is 5.56 Å². The monoisotopic (exact) mass is 289 g/mol. The van der Waals surface area contributed by atoms with Crippen LogP contribution in [-0.4, -0.2) is 23.3 Å². The van der Waals surface area contributed by atoms with Crippen molar-refractivity contribution >= 4 is 10.9 Å². The Bertz CT molecular complexity index is 690. The minimum absolute atomic E-state index is 0.0809. The van der Waals surface area contributed by atoms with Gasteiger partial charge in [0.2, 0.25) is 5.75 Å². The van der Waals surface area contributed by atoms with Gasteiger partial charge >= 0.3 is 0 Å². The maximum Gasteiger partial charge on any atom is 0.294 e. The minimum Gasteiger partial charge on any atom is -0.508 e. The summed E-state index contributed by atoms with van der Waals surface area (Å²) in [6.45, 7) is 6.35. The minimum atomic E-state index is -0.388. The van der Waals surface area contributed by atoms with E-state index in [0.717, 1.165) is 12.8 Å². The molecule has 0 aliphatic carbocycles. The van der Waals surface area contributed by atoms with E-state index in [-0.39, 0.29) is 23.7 Å². The molecule has 0 spiro atoms. The molecule has 5 nitrogen and oxygen atoms in total. The number of hydrogen-bond acceptors (Lipinski definition) is 4. The number of fused-ring (bicyclic) bond motifs is 1. The molecular weight excluding hydrogens is 270 g/mol. The molecular formula is C16H19NO4. The molecule has 2 N–H and O–H groups in total. The van der Waals surface area contributed by atoms with Gasteiger partial charge in [-0.25, -0.2) is 0 Å². The zero-order valence-corrected chi connectivity index (χ0v) is 12.0. The predicted octanol–water partition coefficient (Wildman–Crippen LogP) is 2.98. The van der Waals surface area contributed by atoms with Crippen molar-refractivity contribution in [2.75, 3.05) is 13.2 Å². The molecule has 0 atom stereocenters. The van der Waals surface area contributed by atoms with E-state index in [2.05, 4.69) is 18.5 Å². The molecule has 0 saturated heterocycles. The van der Waals surface area contributed by atoms with Gasteiger partial charge in [0.1, 0.15) is 12.4 Å². The average molecular weight is 289 g/mol. The summed E-state index contributed by atoms with van der Waals surface area (Å²) < 4.78 is 11.2. The van der Waals surface area contributed by atoms with E-state index in [1.165, 1.54) is 6.07 Å². The highest BCUT2D eigenvalue weighted by Crippen LogP contribution is 2.33. The van der Waals surface area contributed by atoms with Crippen molar-refractivity contribution in [3.63, 3.8) is 0 Å². The molecule has 1 heterocycles. The van der Waals surface area contributed by atoms with Gasteiger partial charge in [-0.15, -0.1) is 0 Å². The van der Waals surface area contributed by atoms with Gasteiger partial charge in [-0.1, -0.05) is 26.0 Å². The van der Waals surface area contributed by atoms with Crippen LogP contribution in [0.4, 0.5) is 0 Å². The first-order valence-corrected chi connectivity index (χ1v) is 6.92. The number of aromatic hydroxyl groups is 1. The van der Waals surface area contributed by atoms with Gasteiger partial charge in [-0.05, 0) is 18.6 Å². The highest BCUT2D eigenvalue weighted by Gasteiger charge is 2.15. The molecule has 5 heteroatoms. The molecule has 0 aliphatic heterocycles. The number of ether oxygens (including phenoxy) is 2. The number of H-pyrrole nitrogens is 1. The standard InChI is InChI=1S/C16H19NO4/c1-3-5-9-21-14-12-7-6-11(18)10-13(12)17-16(19)15(14)20-8-4-2/h4,6-7,10,18H,2-3,5,8-9H2,1H3,(H,17,19). The summed E-state index contributed by atoms with van der Waals surface area (Å²) in [4.78, 5) is 14.8. The van der Waals surface area contributed by atoms with Crippen LogP contribution in [0.1, 0.15) is 19.8 Å². The largest absolute Gasteiger partial charge is 0.508 e. The number of aromatic amines is 1. The molecule has 2 rings (SSSR count). The number of hydrogen-bond donors (Lipinski definition) is 2. The fraction of sp³-hybridized carbons (Fsp3) is 0.312. The molecule has 21 heavy (non-hydrogen) atoms. The van der Waals surface area contributed by atoms with E-state index in [0.29, 0.717) is 23.3 Å². The summed E-state index contributed by atoms with van der Waals surface area (Å²) >= 11 is 0. The Morgan fingerprint density at radius 2 is 2.14 bits per heavy atom. The number of aromatic nitrogens is 1. The average Bonchev–Trinajstić information content (AvgIpc) is 2.46. The fourth-order valence-corrected chi connectivity index (χ4v) is 1.97. The molecule has 0 bridgehead atoms. The van der Waals surface area contributed by atoms with Crippen LogP contribution in [0.2, 0.25) is 0 Å². The maximum atomic E-state index is 12.1. The van der Waals surface area contributed by atoms with Crippen LogP contribution in [0.25, 0.3) is 10.9 Å². The van der Waals surface area contributed by atoms with Crippen molar-refractivity contribution in [1.82, 2.24) is 4.98 Å². The smallest absolute Gasteiger partial charge is 0.294 e. The van der Waals surface area contributed by atoms with Crippen molar-refractivity contribution in [1.29, 1.82) is 0 Å². The van der Waals surface area contributed by atoms with E-state index < -0.39 is 0 Å². The van der Waals surface area contributed by atoms with Gasteiger partial charge in [0, 0.05) is 11.5 Å². The van der Waals surface area contributed by atoms with Crippen molar-refractivity contribution in [3.05, 3.63) is 41.2 Å². The highest BCUT2D eigenvalue weighted by molar-refractivity contribution is 5.88. The Morgan fingerprint density at radius 3 is 2.86 bits per heavy atom. The lowest BCUT2D eigenvalue weighted by molar-refractivity contribution is 0.280. The lowest BCUT2D eigenvalue weighted by Crippen LogP contribution is -2.14. The van der Waals surface area contributed by atoms with Crippen LogP contribution >= 0.6 is 0 Å². The number of unbranched alkanes of at least 4 members (excludes halogenated alkanes) is 1. The lowest BCUT2D eigenvalue weighted by Gasteiger charge is -2.13. The van der Waals surface area contributed by atoms with E-state index in [1.807, 2.05) is 0 Å². The molecule has 2 aromatic rings. The van der Waals surface area contributed by atoms with Gasteiger partial charge in [0.15, 0.2) is 5.75 Å². The molecule has 0 unspecified atom stereocenters. The second-order valence-electron chi connectivity index (χ2n) is 4.64. The number of phenolic OH excluding ortho intramolecular Hbond substituents is 1. The number of phenols is 1. The van der Waals surface area contributed by atoms with Crippen molar-refractivity contribution in [3.8, 4) is 17.2 Å². The van der Waals surface area contributed by atoms with Crippen molar-refractivity contribution in [2.24, 2.45) is 0 Å². The van der Waals surface area contributed by atoms with E-state index in [4.69, 9.17) is 9.47 Å². The van der Waals surface area contributed by atoms with E-state index in [1.54, 1.807) is 18.2 Å². The normalized spacial score (nSPS) is 10.5. The zero-order valence-electron chi connectivity index (χ0n) is 12.0. The molecule has 1 aromatic heterocycles. The van der Waals surface area contributed by atoms with Crippen LogP contribution in [0, 0.1) is 0 Å². The Hall–Kier alpha value is -2.43. The summed E-state index contributed by atoms with van der Waals surface area (Å²) in [7, 11) is 0. The zero-order chi connectivity index (χ0) is 15.2. The Labute approximate surface area is 122 Å². The summed E-state index contributed by atoms with van der Waals surface area (Å²) in [5.41, 5.74) is 0.124. The number of pyridine rings is 1. The van der Waals surface area contributed by atoms with Gasteiger partial charge < -0.3 is 19.6 Å². The first kappa shape index (κ1) is 15.0. The Balaban J connectivity index is 2.54. The van der Waals surface area contributed by atoms with Crippen molar-refractivity contribution in [2.45, 2.75) is 19.8 Å². The van der Waals surface area contributed by atoms with E-state index in [9.17, 15) is 9.90 Å². The molecule has 0 radical (unpaired) electrons. The van der Waals surface area contributed by atoms with E-state index >= 15 is 0 Å². The van der Waals surface area contributed by atoms with Crippen LogP contribution in [0.15, 0.2) is 35.6 Å².